The van der Waals surface area contributed by atoms with E-state index in [1.54, 1.807) is 37.6 Å². The second kappa shape index (κ2) is 6.02. The molecule has 0 saturated carbocycles. The predicted octanol–water partition coefficient (Wildman–Crippen LogP) is 2.94. The van der Waals surface area contributed by atoms with Gasteiger partial charge in [0.2, 0.25) is 0 Å². The fraction of sp³-hybridized carbons (Fsp3) is 0.0667. The molecule has 0 amide bonds. The second-order valence-corrected chi connectivity index (χ2v) is 6.95. The van der Waals surface area contributed by atoms with Gasteiger partial charge in [-0.3, -0.25) is 14.4 Å². The topological polar surface area (TPSA) is 76.9 Å². The molecule has 6 nitrogen and oxygen atoms in total. The van der Waals surface area contributed by atoms with Crippen LogP contribution >= 0.6 is 11.6 Å². The van der Waals surface area contributed by atoms with E-state index >= 15 is 0 Å². The quantitative estimate of drug-likeness (QED) is 0.786. The minimum absolute atomic E-state index is 0.133. The lowest BCUT2D eigenvalue weighted by Crippen LogP contribution is -2.15. The van der Waals surface area contributed by atoms with Gasteiger partial charge in [-0.2, -0.15) is 5.10 Å². The largest absolute Gasteiger partial charge is 0.265 e. The number of benzene rings is 1. The highest BCUT2D eigenvalue weighted by Gasteiger charge is 2.17. The predicted molar refractivity (Wildman–Crippen MR) is 88.7 cm³/mol. The van der Waals surface area contributed by atoms with Crippen molar-refractivity contribution in [2.75, 3.05) is 4.72 Å². The fourth-order valence-corrected chi connectivity index (χ4v) is 3.24. The zero-order valence-corrected chi connectivity index (χ0v) is 13.7. The van der Waals surface area contributed by atoms with Crippen molar-refractivity contribution in [3.63, 3.8) is 0 Å². The Kier molecular flexibility index (Phi) is 4.06. The molecule has 0 unspecified atom stereocenters. The van der Waals surface area contributed by atoms with Gasteiger partial charge in [-0.1, -0.05) is 11.6 Å². The summed E-state index contributed by atoms with van der Waals surface area (Å²) in [4.78, 5) is 4.08. The smallest absolute Gasteiger partial charge is 0.263 e. The molecular formula is C15H13ClN4O2S. The first-order valence-corrected chi connectivity index (χ1v) is 8.55. The van der Waals surface area contributed by atoms with Gasteiger partial charge in [-0.05, 0) is 36.4 Å². The summed E-state index contributed by atoms with van der Waals surface area (Å²) in [5.41, 5.74) is 1.51. The van der Waals surface area contributed by atoms with Crippen LogP contribution in [0.1, 0.15) is 0 Å². The van der Waals surface area contributed by atoms with Crippen LogP contribution in [-0.2, 0) is 17.1 Å². The van der Waals surface area contributed by atoms with Crippen LogP contribution in [0.5, 0.6) is 0 Å². The number of rotatable bonds is 4. The molecule has 0 aliphatic carbocycles. The van der Waals surface area contributed by atoms with Crippen LogP contribution in [0.4, 0.5) is 5.82 Å². The number of pyridine rings is 1. The highest BCUT2D eigenvalue weighted by Crippen LogP contribution is 2.23. The number of nitrogens with zero attached hydrogens (tertiary/aromatic N) is 3. The number of aromatic nitrogens is 3. The lowest BCUT2D eigenvalue weighted by Gasteiger charge is -2.07. The molecular weight excluding hydrogens is 336 g/mol. The van der Waals surface area contributed by atoms with E-state index in [-0.39, 0.29) is 4.90 Å². The lowest BCUT2D eigenvalue weighted by molar-refractivity contribution is 0.600. The van der Waals surface area contributed by atoms with Crippen LogP contribution < -0.4 is 4.72 Å². The van der Waals surface area contributed by atoms with E-state index in [0.717, 1.165) is 5.56 Å². The van der Waals surface area contributed by atoms with E-state index < -0.39 is 10.0 Å². The van der Waals surface area contributed by atoms with Crippen LogP contribution in [0, 0.1) is 0 Å². The minimum Gasteiger partial charge on any atom is -0.265 e. The molecule has 2 heterocycles. The Morgan fingerprint density at radius 3 is 2.39 bits per heavy atom. The van der Waals surface area contributed by atoms with E-state index in [0.29, 0.717) is 16.5 Å². The summed E-state index contributed by atoms with van der Waals surface area (Å²) < 4.78 is 28.8. The number of nitrogens with one attached hydrogen (secondary N) is 1. The summed E-state index contributed by atoms with van der Waals surface area (Å²) in [6, 6.07) is 11.2. The first-order chi connectivity index (χ1) is 11.0. The molecule has 0 aliphatic heterocycles. The van der Waals surface area contributed by atoms with Crippen molar-refractivity contribution in [1.82, 2.24) is 14.8 Å². The molecule has 118 valence electrons. The molecule has 0 fully saturated rings. The third-order valence-electron chi connectivity index (χ3n) is 3.22. The van der Waals surface area contributed by atoms with Crippen LogP contribution in [0.2, 0.25) is 5.02 Å². The average molecular weight is 349 g/mol. The molecule has 0 radical (unpaired) electrons. The van der Waals surface area contributed by atoms with Gasteiger partial charge in [0.1, 0.15) is 5.82 Å². The Morgan fingerprint density at radius 2 is 1.74 bits per heavy atom. The van der Waals surface area contributed by atoms with E-state index in [2.05, 4.69) is 14.8 Å². The fourth-order valence-electron chi connectivity index (χ4n) is 2.04. The Bertz CT molecular complexity index is 922. The first kappa shape index (κ1) is 15.5. The number of sulfonamides is 1. The van der Waals surface area contributed by atoms with Gasteiger partial charge in [0.25, 0.3) is 10.0 Å². The maximum Gasteiger partial charge on any atom is 0.263 e. The highest BCUT2D eigenvalue weighted by atomic mass is 35.5. The standard InChI is InChI=1S/C15H13ClN4O2S/c1-20-15(10-14(18-20)11-6-8-17-9-7-11)19-23(21,22)13-4-2-12(16)3-5-13/h2-10,19H,1H3. The molecule has 0 bridgehead atoms. The second-order valence-electron chi connectivity index (χ2n) is 4.83. The van der Waals surface area contributed by atoms with Crippen molar-refractivity contribution in [2.45, 2.75) is 4.90 Å². The van der Waals surface area contributed by atoms with Gasteiger partial charge in [-0.25, -0.2) is 8.42 Å². The van der Waals surface area contributed by atoms with Gasteiger partial charge in [-0.15, -0.1) is 0 Å². The lowest BCUT2D eigenvalue weighted by atomic mass is 10.2. The van der Waals surface area contributed by atoms with Gasteiger partial charge < -0.3 is 0 Å². The van der Waals surface area contributed by atoms with Crippen molar-refractivity contribution in [3.05, 3.63) is 59.9 Å². The number of hydrogen-bond acceptors (Lipinski definition) is 4. The van der Waals surface area contributed by atoms with E-state index in [9.17, 15) is 8.42 Å². The van der Waals surface area contributed by atoms with Crippen molar-refractivity contribution >= 4 is 27.4 Å². The van der Waals surface area contributed by atoms with Crippen molar-refractivity contribution in [3.8, 4) is 11.3 Å². The molecule has 1 aromatic carbocycles. The molecule has 3 aromatic rings. The molecule has 2 aromatic heterocycles. The summed E-state index contributed by atoms with van der Waals surface area (Å²) in [5.74, 6) is 0.367. The summed E-state index contributed by atoms with van der Waals surface area (Å²) in [6.45, 7) is 0. The van der Waals surface area contributed by atoms with Gasteiger partial charge in [0, 0.05) is 36.1 Å². The zero-order valence-electron chi connectivity index (χ0n) is 12.1. The molecule has 0 aliphatic rings. The third kappa shape index (κ3) is 3.35. The average Bonchev–Trinajstić information content (AvgIpc) is 2.89. The summed E-state index contributed by atoms with van der Waals surface area (Å²) in [6.07, 6.45) is 3.31. The van der Waals surface area contributed by atoms with Crippen LogP contribution in [0.15, 0.2) is 59.8 Å². The van der Waals surface area contributed by atoms with Gasteiger partial charge in [0.05, 0.1) is 10.6 Å². The molecule has 1 N–H and O–H groups in total. The SMILES string of the molecule is Cn1nc(-c2ccncc2)cc1NS(=O)(=O)c1ccc(Cl)cc1. The molecule has 8 heteroatoms. The Labute approximate surface area is 138 Å². The summed E-state index contributed by atoms with van der Waals surface area (Å²) >= 11 is 5.78. The van der Waals surface area contributed by atoms with Crippen LogP contribution in [-0.4, -0.2) is 23.2 Å². The van der Waals surface area contributed by atoms with Crippen LogP contribution in [0.3, 0.4) is 0 Å². The van der Waals surface area contributed by atoms with Gasteiger partial charge >= 0.3 is 0 Å². The number of halogens is 1. The normalized spacial score (nSPS) is 11.4. The van der Waals surface area contributed by atoms with E-state index in [4.69, 9.17) is 11.6 Å². The third-order valence-corrected chi connectivity index (χ3v) is 4.84. The molecule has 3 rings (SSSR count). The number of anilines is 1. The molecule has 0 spiro atoms. The van der Waals surface area contributed by atoms with Crippen molar-refractivity contribution < 1.29 is 8.42 Å². The molecule has 0 saturated heterocycles. The summed E-state index contributed by atoms with van der Waals surface area (Å²) in [7, 11) is -2.03. The van der Waals surface area contributed by atoms with Crippen LogP contribution in [0.25, 0.3) is 11.3 Å². The maximum atomic E-state index is 12.4. The highest BCUT2D eigenvalue weighted by molar-refractivity contribution is 7.92. The minimum atomic E-state index is -3.70. The monoisotopic (exact) mass is 348 g/mol. The number of aryl methyl sites for hydroxylation is 1. The Balaban J connectivity index is 1.91. The molecule has 0 atom stereocenters. The maximum absolute atomic E-state index is 12.4. The number of hydrogen-bond donors (Lipinski definition) is 1. The van der Waals surface area contributed by atoms with E-state index in [1.165, 1.54) is 28.9 Å². The van der Waals surface area contributed by atoms with E-state index in [1.807, 2.05) is 0 Å². The zero-order chi connectivity index (χ0) is 16.4. The Hall–Kier alpha value is -2.38. The van der Waals surface area contributed by atoms with Crippen molar-refractivity contribution in [2.24, 2.45) is 7.05 Å². The summed E-state index contributed by atoms with van der Waals surface area (Å²) in [5, 5.41) is 4.79. The molecule has 23 heavy (non-hydrogen) atoms. The van der Waals surface area contributed by atoms with Crippen molar-refractivity contribution in [1.29, 1.82) is 0 Å². The van der Waals surface area contributed by atoms with Gasteiger partial charge in [0.15, 0.2) is 0 Å². The Morgan fingerprint density at radius 1 is 1.09 bits per heavy atom. The first-order valence-electron chi connectivity index (χ1n) is 6.68.